The molecule has 0 amide bonds. The zero-order chi connectivity index (χ0) is 43.0. The van der Waals surface area contributed by atoms with Crippen LogP contribution in [0.15, 0.2) is 0 Å². The minimum Gasteiger partial charge on any atom is -0.255 e. The second-order valence-electron chi connectivity index (χ2n) is 18.6. The first-order valence-electron chi connectivity index (χ1n) is 25.2. The summed E-state index contributed by atoms with van der Waals surface area (Å²) in [5.41, 5.74) is -1.42. The van der Waals surface area contributed by atoms with Crippen molar-refractivity contribution in [2.75, 3.05) is 0 Å². The van der Waals surface area contributed by atoms with Crippen LogP contribution in [0.2, 0.25) is 0 Å². The zero-order valence-electron chi connectivity index (χ0n) is 39.9. The average Bonchev–Trinajstić information content (AvgIpc) is 3.19. The second-order valence-corrected chi connectivity index (χ2v) is 18.6. The minimum atomic E-state index is -1.39. The molecule has 0 aromatic carbocycles. The number of hydrogen-bond donors (Lipinski definition) is 0. The molecule has 2 atom stereocenters. The highest BCUT2D eigenvalue weighted by Crippen LogP contribution is 2.31. The van der Waals surface area contributed by atoms with Gasteiger partial charge in [0.25, 0.3) is 0 Å². The Hall–Kier alpha value is -1.22. The molecule has 58 heavy (non-hydrogen) atoms. The normalized spacial score (nSPS) is 13.2. The van der Waals surface area contributed by atoms with Crippen molar-refractivity contribution in [2.24, 2.45) is 11.8 Å². The van der Waals surface area contributed by atoms with E-state index in [0.29, 0.717) is 0 Å². The molecule has 0 saturated carbocycles. The number of unbranched alkanes of at least 4 members (excludes halogenated alkanes) is 30. The smallest absolute Gasteiger partial charge is 0.255 e. The van der Waals surface area contributed by atoms with Gasteiger partial charge in [0, 0.05) is 0 Å². The predicted octanol–water partition coefficient (Wildman–Crippen LogP) is 16.7. The maximum atomic E-state index is 12.2. The fraction of sp³-hybridized carbons (Fsp3) is 0.960. The van der Waals surface area contributed by atoms with Crippen LogP contribution in [0.3, 0.4) is 0 Å². The summed E-state index contributed by atoms with van der Waals surface area (Å²) in [6, 6.07) is 0. The Morgan fingerprint density at radius 1 is 0.345 bits per heavy atom. The molecule has 0 aliphatic heterocycles. The van der Waals surface area contributed by atoms with Crippen LogP contribution in [-0.4, -0.2) is 23.1 Å². The molecule has 0 aromatic heterocycles. The molecule has 0 fully saturated rings. The lowest BCUT2D eigenvalue weighted by Crippen LogP contribution is -2.36. The third kappa shape index (κ3) is 33.5. The van der Waals surface area contributed by atoms with Gasteiger partial charge >= 0.3 is 11.9 Å². The molecular weight excluding hydrogens is 729 g/mol. The van der Waals surface area contributed by atoms with E-state index in [0.717, 1.165) is 38.5 Å². The summed E-state index contributed by atoms with van der Waals surface area (Å²) in [5.74, 6) is -2.37. The SMILES string of the molecule is CCCCCCCCCCCCCCCCCCC(CC)C(C)(C)OOOC(=O)C(=O)OOOC(C)(C)C(CC)CCCCCCCCCCCCCCCCCC. The Bertz CT molecular complexity index is 834. The van der Waals surface area contributed by atoms with Crippen LogP contribution in [0.25, 0.3) is 0 Å². The Morgan fingerprint density at radius 2 is 0.552 bits per heavy atom. The van der Waals surface area contributed by atoms with Gasteiger partial charge in [0.05, 0.1) is 0 Å². The number of carbonyl (C=O) groups excluding carboxylic acids is 2. The third-order valence-electron chi connectivity index (χ3n) is 12.6. The maximum Gasteiger partial charge on any atom is 0.456 e. The van der Waals surface area contributed by atoms with Crippen molar-refractivity contribution in [1.82, 2.24) is 0 Å². The Kier molecular flexibility index (Phi) is 39.0. The van der Waals surface area contributed by atoms with Gasteiger partial charge < -0.3 is 0 Å². The van der Waals surface area contributed by atoms with Crippen molar-refractivity contribution < 1.29 is 39.2 Å². The van der Waals surface area contributed by atoms with Crippen molar-refractivity contribution in [3.8, 4) is 0 Å². The fourth-order valence-corrected chi connectivity index (χ4v) is 8.44. The molecule has 0 aliphatic rings. The molecule has 8 heteroatoms. The Balaban J connectivity index is 4.01. The van der Waals surface area contributed by atoms with E-state index < -0.39 is 23.1 Å². The number of rotatable bonds is 44. The molecule has 0 bridgehead atoms. The number of carbonyl (C=O) groups is 2. The zero-order valence-corrected chi connectivity index (χ0v) is 39.9. The van der Waals surface area contributed by atoms with Gasteiger partial charge in [-0.25, -0.2) is 9.59 Å². The van der Waals surface area contributed by atoms with Crippen molar-refractivity contribution in [2.45, 2.75) is 298 Å². The lowest BCUT2D eigenvalue weighted by molar-refractivity contribution is -0.530. The van der Waals surface area contributed by atoms with Crippen LogP contribution >= 0.6 is 0 Å². The quantitative estimate of drug-likeness (QED) is 0.0260. The predicted molar refractivity (Wildman–Crippen MR) is 241 cm³/mol. The van der Waals surface area contributed by atoms with Crippen LogP contribution in [0.5, 0.6) is 0 Å². The average molecular weight is 827 g/mol. The molecule has 0 saturated heterocycles. The van der Waals surface area contributed by atoms with Gasteiger partial charge in [-0.3, -0.25) is 9.78 Å². The van der Waals surface area contributed by atoms with Gasteiger partial charge in [0.2, 0.25) is 0 Å². The van der Waals surface area contributed by atoms with Crippen molar-refractivity contribution in [1.29, 1.82) is 0 Å². The lowest BCUT2D eigenvalue weighted by atomic mass is 9.84. The highest BCUT2D eigenvalue weighted by molar-refractivity contribution is 6.29. The van der Waals surface area contributed by atoms with Crippen molar-refractivity contribution in [3.63, 3.8) is 0 Å². The summed E-state index contributed by atoms with van der Waals surface area (Å²) in [5, 5.41) is 9.55. The largest absolute Gasteiger partial charge is 0.456 e. The first-order valence-corrected chi connectivity index (χ1v) is 25.2. The van der Waals surface area contributed by atoms with Gasteiger partial charge in [-0.2, -0.15) is 9.78 Å². The van der Waals surface area contributed by atoms with E-state index in [1.54, 1.807) is 0 Å². The monoisotopic (exact) mass is 827 g/mol. The summed E-state index contributed by atoms with van der Waals surface area (Å²) >= 11 is 0. The van der Waals surface area contributed by atoms with E-state index >= 15 is 0 Å². The van der Waals surface area contributed by atoms with Crippen LogP contribution < -0.4 is 0 Å². The molecule has 0 aromatic rings. The van der Waals surface area contributed by atoms with Crippen LogP contribution in [-0.2, 0) is 39.2 Å². The molecule has 0 spiro atoms. The van der Waals surface area contributed by atoms with Gasteiger partial charge in [-0.15, -0.1) is 0 Å². The van der Waals surface area contributed by atoms with E-state index in [-0.39, 0.29) is 11.8 Å². The Labute approximate surface area is 359 Å². The van der Waals surface area contributed by atoms with Crippen LogP contribution in [0, 0.1) is 11.8 Å². The van der Waals surface area contributed by atoms with E-state index in [1.165, 1.54) is 193 Å². The molecule has 0 N–H and O–H groups in total. The maximum absolute atomic E-state index is 12.2. The third-order valence-corrected chi connectivity index (χ3v) is 12.6. The Morgan fingerprint density at radius 3 is 0.759 bits per heavy atom. The minimum absolute atomic E-state index is 0.203. The van der Waals surface area contributed by atoms with Crippen molar-refractivity contribution >= 4 is 11.9 Å². The molecule has 0 aliphatic carbocycles. The number of hydrogen-bond acceptors (Lipinski definition) is 8. The molecule has 0 rings (SSSR count). The van der Waals surface area contributed by atoms with Crippen LogP contribution in [0.1, 0.15) is 287 Å². The fourth-order valence-electron chi connectivity index (χ4n) is 8.44. The first kappa shape index (κ1) is 56.8. The van der Waals surface area contributed by atoms with Gasteiger partial charge in [0.1, 0.15) is 11.2 Å². The molecule has 2 unspecified atom stereocenters. The summed E-state index contributed by atoms with van der Waals surface area (Å²) in [7, 11) is 0. The summed E-state index contributed by atoms with van der Waals surface area (Å²) < 4.78 is 0. The molecule has 0 radical (unpaired) electrons. The summed E-state index contributed by atoms with van der Waals surface area (Å²) in [4.78, 5) is 44.5. The van der Waals surface area contributed by atoms with E-state index in [1.807, 2.05) is 27.7 Å². The molecule has 8 nitrogen and oxygen atoms in total. The van der Waals surface area contributed by atoms with Gasteiger partial charge in [-0.05, 0) is 62.4 Å². The topological polar surface area (TPSA) is 89.5 Å². The summed E-state index contributed by atoms with van der Waals surface area (Å²) in [6.07, 6.45) is 46.8. The highest BCUT2D eigenvalue weighted by atomic mass is 17.5. The standard InChI is InChI=1S/C50H98O8/c1-9-13-15-17-19-21-23-25-27-29-31-33-35-37-39-41-43-45(11-3)49(5,6)55-57-53-47(51)48(52)54-58-56-50(7,8)46(12-4)44-42-40-38-36-34-32-30-28-26-24-22-20-18-16-14-10-2/h45-46H,9-44H2,1-8H3. The molecular formula is C50H98O8. The molecule has 346 valence electrons. The summed E-state index contributed by atoms with van der Waals surface area (Å²) in [6.45, 7) is 16.4. The van der Waals surface area contributed by atoms with Crippen molar-refractivity contribution in [3.05, 3.63) is 0 Å². The highest BCUT2D eigenvalue weighted by Gasteiger charge is 2.34. The van der Waals surface area contributed by atoms with E-state index in [4.69, 9.17) is 19.9 Å². The van der Waals surface area contributed by atoms with Gasteiger partial charge in [-0.1, -0.05) is 246 Å². The lowest BCUT2D eigenvalue weighted by Gasteiger charge is -2.31. The van der Waals surface area contributed by atoms with Crippen LogP contribution in [0.4, 0.5) is 0 Å². The van der Waals surface area contributed by atoms with Gasteiger partial charge in [0.15, 0.2) is 0 Å². The van der Waals surface area contributed by atoms with E-state index in [9.17, 15) is 9.59 Å². The second kappa shape index (κ2) is 39.9. The first-order chi connectivity index (χ1) is 28.1. The van der Waals surface area contributed by atoms with E-state index in [2.05, 4.69) is 37.5 Å². The molecule has 0 heterocycles.